The van der Waals surface area contributed by atoms with Crippen molar-refractivity contribution in [1.82, 2.24) is 5.32 Å². The third kappa shape index (κ3) is 3.18. The van der Waals surface area contributed by atoms with E-state index in [0.717, 1.165) is 62.6 Å². The van der Waals surface area contributed by atoms with Gasteiger partial charge in [-0.3, -0.25) is 9.59 Å². The fourth-order valence-electron chi connectivity index (χ4n) is 9.11. The number of hydrogen-bond acceptors (Lipinski definition) is 3. The van der Waals surface area contributed by atoms with Crippen LogP contribution in [0.5, 0.6) is 0 Å². The van der Waals surface area contributed by atoms with Gasteiger partial charge in [-0.15, -0.1) is 0 Å². The van der Waals surface area contributed by atoms with Gasteiger partial charge in [-0.05, 0) is 97.7 Å². The first-order valence-corrected chi connectivity index (χ1v) is 14.1. The Hall–Kier alpha value is -2.10. The molecule has 0 spiro atoms. The predicted molar refractivity (Wildman–Crippen MR) is 144 cm³/mol. The Morgan fingerprint density at radius 1 is 1.03 bits per heavy atom. The number of carbonyl (C=O) groups is 2. The van der Waals surface area contributed by atoms with Crippen molar-refractivity contribution in [2.45, 2.75) is 99.8 Å². The normalized spacial score (nSPS) is 43.8. The Balaban J connectivity index is 1.57. The largest absolute Gasteiger partial charge is 0.504 e. The summed E-state index contributed by atoms with van der Waals surface area (Å²) in [7, 11) is 0. The topological polar surface area (TPSA) is 66.4 Å². The zero-order chi connectivity index (χ0) is 26.3. The summed E-state index contributed by atoms with van der Waals surface area (Å²) in [6.45, 7) is 16.7. The minimum absolute atomic E-state index is 0.00858. The standard InChI is InChI=1S/C32H45NO3/c1-8-17-33-27(36)29(4)12-11-28(3)13-15-31(6)24-10-9-21-20(2)26(35)23(34)18-22(21)30(24,5)14-16-32(31,7)25(28)19-29/h9-10,18,25,35H,8,11-17,19H2,1-7H3,(H,33,36)/t25-,28-,29-,30+,31-,32+/m1/s1. The molecule has 0 aromatic carbocycles. The molecule has 5 aliphatic rings. The van der Waals surface area contributed by atoms with Crippen molar-refractivity contribution in [3.05, 3.63) is 46.3 Å². The van der Waals surface area contributed by atoms with Crippen LogP contribution in [0.2, 0.25) is 0 Å². The Bertz CT molecular complexity index is 1160. The second-order valence-corrected chi connectivity index (χ2v) is 13.9. The van der Waals surface area contributed by atoms with Crippen LogP contribution in [-0.2, 0) is 9.59 Å². The van der Waals surface area contributed by atoms with Gasteiger partial charge < -0.3 is 10.4 Å². The second-order valence-electron chi connectivity index (χ2n) is 13.9. The summed E-state index contributed by atoms with van der Waals surface area (Å²) < 4.78 is 0. The quantitative estimate of drug-likeness (QED) is 0.441. The Morgan fingerprint density at radius 2 is 1.72 bits per heavy atom. The molecule has 4 nitrogen and oxygen atoms in total. The first-order valence-electron chi connectivity index (χ1n) is 14.1. The SMILES string of the molecule is CCCNC(=O)[C@]1(C)CC[C@]2(C)CC[C@]3(C)C4=CC=C5C(=CC(=O)C(O)=C5C)[C@]4(C)CC[C@@]3(C)[C@@H]2C1. The number of allylic oxidation sites excluding steroid dienone is 7. The first-order chi connectivity index (χ1) is 16.8. The molecule has 0 aliphatic heterocycles. The van der Waals surface area contributed by atoms with Gasteiger partial charge in [-0.2, -0.15) is 0 Å². The van der Waals surface area contributed by atoms with Gasteiger partial charge in [0.2, 0.25) is 11.7 Å². The van der Waals surface area contributed by atoms with Gasteiger partial charge in [0.15, 0.2) is 5.76 Å². The van der Waals surface area contributed by atoms with Crippen molar-refractivity contribution in [1.29, 1.82) is 0 Å². The summed E-state index contributed by atoms with van der Waals surface area (Å²) in [6.07, 6.45) is 14.6. The van der Waals surface area contributed by atoms with E-state index in [0.29, 0.717) is 11.5 Å². The van der Waals surface area contributed by atoms with Crippen LogP contribution in [0.25, 0.3) is 0 Å². The van der Waals surface area contributed by atoms with Crippen LogP contribution in [0.1, 0.15) is 99.8 Å². The molecule has 0 aromatic heterocycles. The number of carbonyl (C=O) groups excluding carboxylic acids is 2. The van der Waals surface area contributed by atoms with E-state index in [1.807, 2.05) is 6.92 Å². The zero-order valence-corrected chi connectivity index (χ0v) is 23.4. The maximum absolute atomic E-state index is 13.3. The molecule has 5 aliphatic carbocycles. The lowest BCUT2D eigenvalue weighted by Gasteiger charge is -2.70. The van der Waals surface area contributed by atoms with Crippen LogP contribution < -0.4 is 5.32 Å². The lowest BCUT2D eigenvalue weighted by molar-refractivity contribution is -0.169. The molecule has 0 radical (unpaired) electrons. The highest BCUT2D eigenvalue weighted by Gasteiger charge is 2.67. The highest BCUT2D eigenvalue weighted by Crippen LogP contribution is 2.75. The summed E-state index contributed by atoms with van der Waals surface area (Å²) in [5.41, 5.74) is 4.06. The number of hydrogen-bond donors (Lipinski definition) is 2. The van der Waals surface area contributed by atoms with Gasteiger partial charge in [-0.25, -0.2) is 0 Å². The summed E-state index contributed by atoms with van der Waals surface area (Å²) >= 11 is 0. The zero-order valence-electron chi connectivity index (χ0n) is 23.4. The Morgan fingerprint density at radius 3 is 2.42 bits per heavy atom. The minimum Gasteiger partial charge on any atom is -0.504 e. The van der Waals surface area contributed by atoms with Crippen LogP contribution in [0.3, 0.4) is 0 Å². The van der Waals surface area contributed by atoms with E-state index < -0.39 is 0 Å². The second kappa shape index (κ2) is 7.95. The number of ketones is 1. The summed E-state index contributed by atoms with van der Waals surface area (Å²) in [5, 5.41) is 13.6. The fourth-order valence-corrected chi connectivity index (χ4v) is 9.11. The number of aliphatic hydroxyl groups is 1. The van der Waals surface area contributed by atoms with Crippen molar-refractivity contribution >= 4 is 11.7 Å². The molecule has 0 unspecified atom stereocenters. The van der Waals surface area contributed by atoms with E-state index in [1.165, 1.54) is 12.0 Å². The average Bonchev–Trinajstić information content (AvgIpc) is 2.84. The summed E-state index contributed by atoms with van der Waals surface area (Å²) in [6, 6.07) is 0. The molecule has 0 aromatic rings. The molecule has 0 heterocycles. The number of fused-ring (bicyclic) bond motifs is 7. The van der Waals surface area contributed by atoms with E-state index in [4.69, 9.17) is 0 Å². The van der Waals surface area contributed by atoms with Crippen molar-refractivity contribution < 1.29 is 14.7 Å². The molecular weight excluding hydrogens is 446 g/mol. The van der Waals surface area contributed by atoms with E-state index in [-0.39, 0.29) is 44.5 Å². The van der Waals surface area contributed by atoms with Crippen LogP contribution in [0, 0.1) is 33.0 Å². The first kappa shape index (κ1) is 25.5. The van der Waals surface area contributed by atoms with Crippen molar-refractivity contribution in [3.63, 3.8) is 0 Å². The van der Waals surface area contributed by atoms with Crippen LogP contribution in [0.15, 0.2) is 46.3 Å². The smallest absolute Gasteiger partial charge is 0.225 e. The van der Waals surface area contributed by atoms with E-state index in [1.54, 1.807) is 6.08 Å². The Kier molecular flexibility index (Phi) is 5.64. The van der Waals surface area contributed by atoms with Crippen LogP contribution in [0.4, 0.5) is 0 Å². The molecule has 196 valence electrons. The number of nitrogens with one attached hydrogen (secondary N) is 1. The number of aliphatic hydroxyl groups excluding tert-OH is 1. The molecular formula is C32H45NO3. The monoisotopic (exact) mass is 491 g/mol. The van der Waals surface area contributed by atoms with Gasteiger partial charge in [0.25, 0.3) is 0 Å². The molecule has 2 N–H and O–H groups in total. The lowest BCUT2D eigenvalue weighted by atomic mass is 9.34. The molecule has 3 fully saturated rings. The van der Waals surface area contributed by atoms with Gasteiger partial charge in [0.1, 0.15) is 0 Å². The lowest BCUT2D eigenvalue weighted by Crippen LogP contribution is -2.62. The minimum atomic E-state index is -0.312. The van der Waals surface area contributed by atoms with E-state index in [9.17, 15) is 14.7 Å². The Labute approximate surface area is 217 Å². The molecule has 3 saturated carbocycles. The van der Waals surface area contributed by atoms with E-state index in [2.05, 4.69) is 59.0 Å². The van der Waals surface area contributed by atoms with Gasteiger partial charge in [0.05, 0.1) is 0 Å². The molecule has 6 atom stereocenters. The average molecular weight is 492 g/mol. The third-order valence-corrected chi connectivity index (χ3v) is 12.0. The van der Waals surface area contributed by atoms with Crippen LogP contribution >= 0.6 is 0 Å². The van der Waals surface area contributed by atoms with Gasteiger partial charge >= 0.3 is 0 Å². The van der Waals surface area contributed by atoms with Gasteiger partial charge in [-0.1, -0.05) is 59.3 Å². The highest BCUT2D eigenvalue weighted by molar-refractivity contribution is 6.06. The van der Waals surface area contributed by atoms with Crippen molar-refractivity contribution in [3.8, 4) is 0 Å². The van der Waals surface area contributed by atoms with Crippen molar-refractivity contribution in [2.75, 3.05) is 6.54 Å². The summed E-state index contributed by atoms with van der Waals surface area (Å²) in [4.78, 5) is 26.0. The number of rotatable bonds is 3. The van der Waals surface area contributed by atoms with Gasteiger partial charge in [0, 0.05) is 22.9 Å². The van der Waals surface area contributed by atoms with Crippen LogP contribution in [-0.4, -0.2) is 23.3 Å². The molecule has 4 heteroatoms. The fraction of sp³-hybridized carbons (Fsp3) is 0.688. The third-order valence-electron chi connectivity index (χ3n) is 12.0. The highest BCUT2D eigenvalue weighted by atomic mass is 16.3. The van der Waals surface area contributed by atoms with E-state index >= 15 is 0 Å². The maximum Gasteiger partial charge on any atom is 0.225 e. The molecule has 5 rings (SSSR count). The molecule has 0 bridgehead atoms. The summed E-state index contributed by atoms with van der Waals surface area (Å²) in [5.74, 6) is 0.324. The molecule has 36 heavy (non-hydrogen) atoms. The molecule has 1 amide bonds. The van der Waals surface area contributed by atoms with Crippen molar-refractivity contribution in [2.24, 2.45) is 33.0 Å². The molecule has 0 saturated heterocycles. The number of amides is 1. The maximum atomic E-state index is 13.3. The predicted octanol–water partition coefficient (Wildman–Crippen LogP) is 7.14.